The van der Waals surface area contributed by atoms with Crippen molar-refractivity contribution in [3.05, 3.63) is 51.7 Å². The lowest BCUT2D eigenvalue weighted by atomic mass is 10.4. The third kappa shape index (κ3) is 2.96. The Morgan fingerprint density at radius 2 is 1.90 bits per heavy atom. The van der Waals surface area contributed by atoms with Gasteiger partial charge in [0.15, 0.2) is 0 Å². The van der Waals surface area contributed by atoms with Gasteiger partial charge in [0.25, 0.3) is 5.69 Å². The van der Waals surface area contributed by atoms with Gasteiger partial charge in [0.05, 0.1) is 16.9 Å². The van der Waals surface area contributed by atoms with Crippen LogP contribution in [0.5, 0.6) is 5.88 Å². The fourth-order valence-electron chi connectivity index (χ4n) is 1.61. The smallest absolute Gasteiger partial charge is 0.289 e. The van der Waals surface area contributed by atoms with Gasteiger partial charge in [0.1, 0.15) is 11.1 Å². The maximum Gasteiger partial charge on any atom is 0.289 e. The maximum atomic E-state index is 12.5. The van der Waals surface area contributed by atoms with Crippen LogP contribution in [0.15, 0.2) is 46.3 Å². The molecule has 0 radical (unpaired) electrons. The van der Waals surface area contributed by atoms with Gasteiger partial charge in [-0.2, -0.15) is 0 Å². The lowest BCUT2D eigenvalue weighted by Gasteiger charge is -2.08. The second-order valence-corrected chi connectivity index (χ2v) is 6.27. The molecule has 1 aromatic carbocycles. The molecule has 1 aromatic heterocycles. The lowest BCUT2D eigenvalue weighted by Crippen LogP contribution is -2.06. The Morgan fingerprint density at radius 1 is 1.29 bits per heavy atom. The number of rotatable bonds is 4. The molecule has 0 aliphatic heterocycles. The molecule has 0 N–H and O–H groups in total. The van der Waals surface area contributed by atoms with Crippen LogP contribution in [-0.2, 0) is 9.84 Å². The molecule has 2 aromatic rings. The minimum absolute atomic E-state index is 0.0625. The van der Waals surface area contributed by atoms with Crippen LogP contribution in [0.3, 0.4) is 0 Å². The summed E-state index contributed by atoms with van der Waals surface area (Å²) in [5.74, 6) is -0.212. The Morgan fingerprint density at radius 3 is 2.43 bits per heavy atom. The summed E-state index contributed by atoms with van der Waals surface area (Å²) in [6.45, 7) is 0. The van der Waals surface area contributed by atoms with E-state index >= 15 is 0 Å². The summed E-state index contributed by atoms with van der Waals surface area (Å²) in [4.78, 5) is 13.3. The highest BCUT2D eigenvalue weighted by atomic mass is 35.5. The second-order valence-electron chi connectivity index (χ2n) is 3.92. The van der Waals surface area contributed by atoms with E-state index in [2.05, 4.69) is 4.98 Å². The van der Waals surface area contributed by atoms with Gasteiger partial charge in [-0.05, 0) is 24.3 Å². The third-order valence-electron chi connectivity index (χ3n) is 2.62. The predicted octanol–water partition coefficient (Wildman–Crippen LogP) is 2.48. The van der Waals surface area contributed by atoms with Crippen molar-refractivity contribution in [1.29, 1.82) is 0 Å². The topological polar surface area (TPSA) is 99.4 Å². The quantitative estimate of drug-likeness (QED) is 0.631. The molecule has 0 spiro atoms. The molecule has 2 rings (SSSR count). The van der Waals surface area contributed by atoms with E-state index in [1.807, 2.05) is 0 Å². The number of ether oxygens (including phenoxy) is 1. The molecule has 110 valence electrons. The van der Waals surface area contributed by atoms with E-state index in [9.17, 15) is 18.5 Å². The Bertz CT molecular complexity index is 790. The van der Waals surface area contributed by atoms with Crippen molar-refractivity contribution in [3.8, 4) is 5.88 Å². The average molecular weight is 329 g/mol. The highest BCUT2D eigenvalue weighted by Gasteiger charge is 2.26. The fourth-order valence-corrected chi connectivity index (χ4v) is 3.12. The fraction of sp³-hybridized carbons (Fsp3) is 0.0833. The number of sulfone groups is 1. The summed E-state index contributed by atoms with van der Waals surface area (Å²) < 4.78 is 29.9. The first-order valence-corrected chi connectivity index (χ1v) is 7.41. The summed E-state index contributed by atoms with van der Waals surface area (Å²) in [6, 6.07) is 6.33. The molecule has 0 aliphatic carbocycles. The molecule has 7 nitrogen and oxygen atoms in total. The minimum atomic E-state index is -4.01. The van der Waals surface area contributed by atoms with Gasteiger partial charge in [-0.15, -0.1) is 0 Å². The number of aromatic nitrogens is 1. The molecule has 0 amide bonds. The SMILES string of the molecule is COc1ncc([N+](=O)[O-])cc1S(=O)(=O)c1ccc(Cl)cc1. The van der Waals surface area contributed by atoms with Crippen molar-refractivity contribution in [2.45, 2.75) is 9.79 Å². The number of nitro groups is 1. The largest absolute Gasteiger partial charge is 0.480 e. The number of benzene rings is 1. The summed E-state index contributed by atoms with van der Waals surface area (Å²) in [5.41, 5.74) is -0.441. The first kappa shape index (κ1) is 15.2. The van der Waals surface area contributed by atoms with Crippen LogP contribution in [0.25, 0.3) is 0 Å². The van der Waals surface area contributed by atoms with Gasteiger partial charge >= 0.3 is 0 Å². The predicted molar refractivity (Wildman–Crippen MR) is 74.3 cm³/mol. The molecule has 0 saturated carbocycles. The maximum absolute atomic E-state index is 12.5. The molecule has 0 atom stereocenters. The van der Waals surface area contributed by atoms with Gasteiger partial charge < -0.3 is 4.74 Å². The lowest BCUT2D eigenvalue weighted by molar-refractivity contribution is -0.385. The van der Waals surface area contributed by atoms with Crippen molar-refractivity contribution < 1.29 is 18.1 Å². The molecule has 0 saturated heterocycles. The molecular formula is C12H9ClN2O5S. The normalized spacial score (nSPS) is 11.1. The van der Waals surface area contributed by atoms with E-state index < -0.39 is 20.4 Å². The van der Waals surface area contributed by atoms with E-state index in [4.69, 9.17) is 16.3 Å². The molecule has 0 unspecified atom stereocenters. The Balaban J connectivity index is 2.65. The number of pyridine rings is 1. The van der Waals surface area contributed by atoms with Crippen LogP contribution in [0, 0.1) is 10.1 Å². The van der Waals surface area contributed by atoms with Crippen molar-refractivity contribution in [2.75, 3.05) is 7.11 Å². The Hall–Kier alpha value is -2.19. The van der Waals surface area contributed by atoms with Crippen LogP contribution in [-0.4, -0.2) is 25.4 Å². The first-order chi connectivity index (χ1) is 9.86. The number of methoxy groups -OCH3 is 1. The summed E-state index contributed by atoms with van der Waals surface area (Å²) >= 11 is 5.71. The van der Waals surface area contributed by atoms with Crippen LogP contribution in [0.1, 0.15) is 0 Å². The van der Waals surface area contributed by atoms with Crippen molar-refractivity contribution in [2.24, 2.45) is 0 Å². The Kier molecular flexibility index (Phi) is 4.10. The van der Waals surface area contributed by atoms with Crippen LogP contribution < -0.4 is 4.74 Å². The molecule has 9 heteroatoms. The molecule has 0 fully saturated rings. The number of halogens is 1. The van der Waals surface area contributed by atoms with Gasteiger partial charge in [-0.3, -0.25) is 10.1 Å². The third-order valence-corrected chi connectivity index (χ3v) is 4.64. The summed E-state index contributed by atoms with van der Waals surface area (Å²) in [7, 11) is -2.77. The Labute approximate surface area is 125 Å². The average Bonchev–Trinajstić information content (AvgIpc) is 2.46. The molecule has 1 heterocycles. The number of hydrogen-bond acceptors (Lipinski definition) is 6. The van der Waals surface area contributed by atoms with E-state index in [0.29, 0.717) is 5.02 Å². The van der Waals surface area contributed by atoms with Crippen molar-refractivity contribution >= 4 is 27.1 Å². The minimum Gasteiger partial charge on any atom is -0.480 e. The van der Waals surface area contributed by atoms with Gasteiger partial charge in [-0.25, -0.2) is 13.4 Å². The standard InChI is InChI=1S/C12H9ClN2O5S/c1-20-12-11(6-9(7-14-12)15(16)17)21(18,19)10-4-2-8(13)3-5-10/h2-7H,1H3. The van der Waals surface area contributed by atoms with Gasteiger partial charge in [0, 0.05) is 11.1 Å². The van der Waals surface area contributed by atoms with Gasteiger partial charge in [-0.1, -0.05) is 11.6 Å². The molecule has 21 heavy (non-hydrogen) atoms. The van der Waals surface area contributed by atoms with Crippen molar-refractivity contribution in [1.82, 2.24) is 4.98 Å². The number of hydrogen-bond donors (Lipinski definition) is 0. The van der Waals surface area contributed by atoms with Gasteiger partial charge in [0.2, 0.25) is 15.7 Å². The first-order valence-electron chi connectivity index (χ1n) is 5.55. The van der Waals surface area contributed by atoms with E-state index in [0.717, 1.165) is 12.3 Å². The van der Waals surface area contributed by atoms with E-state index in [-0.39, 0.29) is 15.7 Å². The summed E-state index contributed by atoms with van der Waals surface area (Å²) in [5, 5.41) is 11.1. The molecule has 0 bridgehead atoms. The van der Waals surface area contributed by atoms with Crippen LogP contribution >= 0.6 is 11.6 Å². The zero-order valence-electron chi connectivity index (χ0n) is 10.7. The van der Waals surface area contributed by atoms with E-state index in [1.165, 1.54) is 31.4 Å². The number of nitrogens with zero attached hydrogens (tertiary/aromatic N) is 2. The van der Waals surface area contributed by atoms with Crippen LogP contribution in [0.2, 0.25) is 5.02 Å². The second kappa shape index (κ2) is 5.66. The van der Waals surface area contributed by atoms with E-state index in [1.54, 1.807) is 0 Å². The summed E-state index contributed by atoms with van der Waals surface area (Å²) in [6.07, 6.45) is 0.930. The van der Waals surface area contributed by atoms with Crippen LogP contribution in [0.4, 0.5) is 5.69 Å². The molecule has 0 aliphatic rings. The monoisotopic (exact) mass is 328 g/mol. The highest BCUT2D eigenvalue weighted by molar-refractivity contribution is 7.91. The zero-order valence-corrected chi connectivity index (χ0v) is 12.3. The van der Waals surface area contributed by atoms with Crippen molar-refractivity contribution in [3.63, 3.8) is 0 Å². The highest BCUT2D eigenvalue weighted by Crippen LogP contribution is 2.30. The molecular weight excluding hydrogens is 320 g/mol. The zero-order chi connectivity index (χ0) is 15.6.